The SMILES string of the molecule is CS(=O)(=O)CC[C@@H]1NC(=O)NC1=O. The van der Waals surface area contributed by atoms with Gasteiger partial charge in [-0.3, -0.25) is 10.1 Å². The maximum Gasteiger partial charge on any atom is 0.322 e. The lowest BCUT2D eigenvalue weighted by Gasteiger charge is -2.04. The Morgan fingerprint density at radius 1 is 1.38 bits per heavy atom. The van der Waals surface area contributed by atoms with Crippen molar-refractivity contribution >= 4 is 21.8 Å². The molecule has 1 rings (SSSR count). The molecule has 6 nitrogen and oxygen atoms in total. The van der Waals surface area contributed by atoms with E-state index >= 15 is 0 Å². The summed E-state index contributed by atoms with van der Waals surface area (Å²) in [5.74, 6) is -0.570. The van der Waals surface area contributed by atoms with Crippen LogP contribution in [0.1, 0.15) is 6.42 Å². The average molecular weight is 206 g/mol. The molecule has 13 heavy (non-hydrogen) atoms. The standard InChI is InChI=1S/C6H10N2O4S/c1-13(11,12)3-2-4-5(9)8-6(10)7-4/h4H,2-3H2,1H3,(H2,7,8,9,10)/t4-/m0/s1. The fourth-order valence-electron chi connectivity index (χ4n) is 0.994. The van der Waals surface area contributed by atoms with Crippen LogP contribution in [0.4, 0.5) is 4.79 Å². The van der Waals surface area contributed by atoms with E-state index in [4.69, 9.17) is 0 Å². The molecule has 2 N–H and O–H groups in total. The second-order valence-electron chi connectivity index (χ2n) is 2.93. The topological polar surface area (TPSA) is 92.3 Å². The molecule has 1 heterocycles. The van der Waals surface area contributed by atoms with Crippen LogP contribution in [0.3, 0.4) is 0 Å². The van der Waals surface area contributed by atoms with Gasteiger partial charge in [-0.1, -0.05) is 0 Å². The molecule has 1 aliphatic heterocycles. The summed E-state index contributed by atoms with van der Waals surface area (Å²) in [7, 11) is -3.08. The lowest BCUT2D eigenvalue weighted by Crippen LogP contribution is -2.30. The molecule has 1 atom stereocenters. The third kappa shape index (κ3) is 3.02. The van der Waals surface area contributed by atoms with Gasteiger partial charge in [-0.15, -0.1) is 0 Å². The van der Waals surface area contributed by atoms with Crippen LogP contribution in [0.15, 0.2) is 0 Å². The zero-order valence-electron chi connectivity index (χ0n) is 7.03. The van der Waals surface area contributed by atoms with Crippen LogP contribution < -0.4 is 10.6 Å². The van der Waals surface area contributed by atoms with Crippen LogP contribution in [-0.2, 0) is 14.6 Å². The number of amides is 3. The van der Waals surface area contributed by atoms with Gasteiger partial charge in [0.05, 0.1) is 5.75 Å². The first-order valence-corrected chi connectivity index (χ1v) is 5.73. The van der Waals surface area contributed by atoms with E-state index < -0.39 is 27.8 Å². The van der Waals surface area contributed by atoms with Crippen LogP contribution in [0.25, 0.3) is 0 Å². The van der Waals surface area contributed by atoms with E-state index in [1.54, 1.807) is 0 Å². The van der Waals surface area contributed by atoms with Crippen molar-refractivity contribution in [3.8, 4) is 0 Å². The summed E-state index contributed by atoms with van der Waals surface area (Å²) < 4.78 is 21.5. The van der Waals surface area contributed by atoms with Gasteiger partial charge in [0.25, 0.3) is 5.91 Å². The zero-order chi connectivity index (χ0) is 10.1. The highest BCUT2D eigenvalue weighted by atomic mass is 32.2. The smallest absolute Gasteiger partial charge is 0.322 e. The first-order chi connectivity index (χ1) is 5.88. The van der Waals surface area contributed by atoms with Gasteiger partial charge in [-0.25, -0.2) is 13.2 Å². The molecule has 0 saturated carbocycles. The predicted octanol–water partition coefficient (Wildman–Crippen LogP) is -1.37. The number of rotatable bonds is 3. The van der Waals surface area contributed by atoms with Crippen LogP contribution in [-0.4, -0.2) is 38.4 Å². The van der Waals surface area contributed by atoms with Crippen LogP contribution in [0.2, 0.25) is 0 Å². The van der Waals surface area contributed by atoms with E-state index in [1.807, 2.05) is 5.32 Å². The fourth-order valence-corrected chi connectivity index (χ4v) is 1.66. The maximum atomic E-state index is 10.9. The van der Waals surface area contributed by atoms with Gasteiger partial charge >= 0.3 is 6.03 Å². The molecule has 1 saturated heterocycles. The van der Waals surface area contributed by atoms with Crippen molar-refractivity contribution in [2.45, 2.75) is 12.5 Å². The Balaban J connectivity index is 2.47. The first-order valence-electron chi connectivity index (χ1n) is 3.67. The second-order valence-corrected chi connectivity index (χ2v) is 5.19. The molecule has 0 unspecified atom stereocenters. The number of carbonyl (C=O) groups is 2. The Morgan fingerprint density at radius 3 is 2.38 bits per heavy atom. The minimum absolute atomic E-state index is 0.106. The molecular formula is C6H10N2O4S. The van der Waals surface area contributed by atoms with E-state index in [0.29, 0.717) is 0 Å². The lowest BCUT2D eigenvalue weighted by molar-refractivity contribution is -0.120. The van der Waals surface area contributed by atoms with Crippen molar-refractivity contribution < 1.29 is 18.0 Å². The number of carbonyl (C=O) groups excluding carboxylic acids is 2. The van der Waals surface area contributed by atoms with E-state index in [-0.39, 0.29) is 12.2 Å². The van der Waals surface area contributed by atoms with Crippen LogP contribution >= 0.6 is 0 Å². The zero-order valence-corrected chi connectivity index (χ0v) is 7.85. The Hall–Kier alpha value is -1.11. The van der Waals surface area contributed by atoms with Crippen molar-refractivity contribution in [2.75, 3.05) is 12.0 Å². The summed E-state index contributed by atoms with van der Waals surface area (Å²) >= 11 is 0. The van der Waals surface area contributed by atoms with Gasteiger partial charge in [0.1, 0.15) is 15.9 Å². The van der Waals surface area contributed by atoms with E-state index in [0.717, 1.165) is 6.26 Å². The van der Waals surface area contributed by atoms with E-state index in [1.165, 1.54) is 0 Å². The predicted molar refractivity (Wildman–Crippen MR) is 44.8 cm³/mol. The minimum Gasteiger partial charge on any atom is -0.326 e. The van der Waals surface area contributed by atoms with Crippen molar-refractivity contribution in [2.24, 2.45) is 0 Å². The third-order valence-corrected chi connectivity index (χ3v) is 2.61. The van der Waals surface area contributed by atoms with Crippen molar-refractivity contribution in [3.05, 3.63) is 0 Å². The van der Waals surface area contributed by atoms with Crippen molar-refractivity contribution in [1.29, 1.82) is 0 Å². The molecule has 0 aromatic carbocycles. The largest absolute Gasteiger partial charge is 0.326 e. The molecule has 74 valence electrons. The molecule has 1 fully saturated rings. The van der Waals surface area contributed by atoms with Crippen molar-refractivity contribution in [1.82, 2.24) is 10.6 Å². The molecule has 0 radical (unpaired) electrons. The molecule has 3 amide bonds. The van der Waals surface area contributed by atoms with Crippen LogP contribution in [0, 0.1) is 0 Å². The summed E-state index contributed by atoms with van der Waals surface area (Å²) in [6.07, 6.45) is 1.21. The Labute approximate surface area is 75.6 Å². The molecule has 0 aromatic heterocycles. The number of nitrogens with one attached hydrogen (secondary N) is 2. The molecule has 0 aromatic rings. The Morgan fingerprint density at radius 2 is 2.00 bits per heavy atom. The molecular weight excluding hydrogens is 196 g/mol. The van der Waals surface area contributed by atoms with Gasteiger partial charge in [0, 0.05) is 6.26 Å². The number of imide groups is 1. The number of sulfone groups is 1. The minimum atomic E-state index is -3.08. The quantitative estimate of drug-likeness (QED) is 0.557. The Kier molecular flexibility index (Phi) is 2.55. The van der Waals surface area contributed by atoms with Gasteiger partial charge in [0.15, 0.2) is 0 Å². The highest BCUT2D eigenvalue weighted by Gasteiger charge is 2.29. The third-order valence-electron chi connectivity index (χ3n) is 1.64. The summed E-state index contributed by atoms with van der Waals surface area (Å²) in [5.41, 5.74) is 0. The molecule has 1 aliphatic rings. The van der Waals surface area contributed by atoms with Gasteiger partial charge in [-0.05, 0) is 6.42 Å². The molecule has 0 aliphatic carbocycles. The van der Waals surface area contributed by atoms with Gasteiger partial charge in [-0.2, -0.15) is 0 Å². The molecule has 0 bridgehead atoms. The Bertz CT molecular complexity index is 335. The second kappa shape index (κ2) is 3.33. The van der Waals surface area contributed by atoms with Gasteiger partial charge < -0.3 is 5.32 Å². The highest BCUT2D eigenvalue weighted by Crippen LogP contribution is 2.00. The average Bonchev–Trinajstić information content (AvgIpc) is 2.24. The van der Waals surface area contributed by atoms with Crippen molar-refractivity contribution in [3.63, 3.8) is 0 Å². The maximum absolute atomic E-state index is 10.9. The fraction of sp³-hybridized carbons (Fsp3) is 0.667. The van der Waals surface area contributed by atoms with Gasteiger partial charge in [0.2, 0.25) is 0 Å². The van der Waals surface area contributed by atoms with Crippen LogP contribution in [0.5, 0.6) is 0 Å². The number of hydrogen-bond donors (Lipinski definition) is 2. The number of hydrogen-bond acceptors (Lipinski definition) is 4. The summed E-state index contributed by atoms with van der Waals surface area (Å²) in [6.45, 7) is 0. The number of urea groups is 1. The lowest BCUT2D eigenvalue weighted by atomic mass is 10.2. The normalized spacial score (nSPS) is 22.7. The monoisotopic (exact) mass is 206 g/mol. The first kappa shape index (κ1) is 9.97. The molecule has 7 heteroatoms. The van der Waals surface area contributed by atoms with E-state index in [9.17, 15) is 18.0 Å². The van der Waals surface area contributed by atoms with E-state index in [2.05, 4.69) is 5.32 Å². The summed E-state index contributed by atoms with van der Waals surface area (Å²) in [6, 6.07) is -1.27. The summed E-state index contributed by atoms with van der Waals surface area (Å²) in [5, 5.41) is 4.33. The molecule has 0 spiro atoms. The highest BCUT2D eigenvalue weighted by molar-refractivity contribution is 7.90. The summed E-state index contributed by atoms with van der Waals surface area (Å²) in [4.78, 5) is 21.5.